The zero-order chi connectivity index (χ0) is 22.2. The van der Waals surface area contributed by atoms with E-state index in [-0.39, 0.29) is 18.3 Å². The summed E-state index contributed by atoms with van der Waals surface area (Å²) in [5.41, 5.74) is 4.54. The van der Waals surface area contributed by atoms with Crippen molar-refractivity contribution in [2.24, 2.45) is 0 Å². The fourth-order valence-electron chi connectivity index (χ4n) is 4.00. The van der Waals surface area contributed by atoms with E-state index in [1.807, 2.05) is 42.5 Å². The van der Waals surface area contributed by atoms with Crippen LogP contribution in [-0.2, 0) is 32.8 Å². The summed E-state index contributed by atoms with van der Waals surface area (Å²) in [5, 5.41) is 1.48. The van der Waals surface area contributed by atoms with Crippen LogP contribution in [0.3, 0.4) is 0 Å². The quantitative estimate of drug-likeness (QED) is 0.281. The first kappa shape index (κ1) is 23.5. The Morgan fingerprint density at radius 1 is 0.875 bits per heavy atom. The molecule has 3 unspecified atom stereocenters. The van der Waals surface area contributed by atoms with Crippen LogP contribution < -0.4 is 0 Å². The van der Waals surface area contributed by atoms with Crippen molar-refractivity contribution in [2.45, 2.75) is 49.7 Å². The van der Waals surface area contributed by atoms with Gasteiger partial charge in [0.15, 0.2) is 0 Å². The number of halogens is 2. The van der Waals surface area contributed by atoms with Gasteiger partial charge in [0.2, 0.25) is 0 Å². The van der Waals surface area contributed by atoms with Crippen molar-refractivity contribution >= 4 is 27.5 Å². The Morgan fingerprint density at radius 3 is 2.25 bits per heavy atom. The van der Waals surface area contributed by atoms with Gasteiger partial charge in [-0.15, -0.1) is 0 Å². The van der Waals surface area contributed by atoms with Gasteiger partial charge in [0.25, 0.3) is 0 Å². The lowest BCUT2D eigenvalue weighted by molar-refractivity contribution is -0.142. The van der Waals surface area contributed by atoms with Crippen LogP contribution in [0.15, 0.2) is 78.9 Å². The van der Waals surface area contributed by atoms with Crippen LogP contribution in [0.1, 0.15) is 41.2 Å². The normalized spacial score (nSPS) is 20.9. The molecule has 1 heterocycles. The van der Waals surface area contributed by atoms with E-state index in [2.05, 4.69) is 52.3 Å². The Balaban J connectivity index is 1.42. The lowest BCUT2D eigenvalue weighted by Crippen LogP contribution is -2.35. The summed E-state index contributed by atoms with van der Waals surface area (Å²) < 4.78 is 18.8. The molecule has 1 aliphatic heterocycles. The number of benzene rings is 3. The molecule has 3 aromatic carbocycles. The van der Waals surface area contributed by atoms with Crippen LogP contribution >= 0.6 is 27.5 Å². The van der Waals surface area contributed by atoms with E-state index < -0.39 is 0 Å². The van der Waals surface area contributed by atoms with Gasteiger partial charge in [0, 0.05) is 23.2 Å². The third-order valence-electron chi connectivity index (χ3n) is 5.69. The molecule has 4 rings (SSSR count). The van der Waals surface area contributed by atoms with Gasteiger partial charge >= 0.3 is 0 Å². The van der Waals surface area contributed by atoms with Crippen LogP contribution in [0.5, 0.6) is 0 Å². The molecule has 32 heavy (non-hydrogen) atoms. The van der Waals surface area contributed by atoms with E-state index in [0.29, 0.717) is 25.2 Å². The lowest BCUT2D eigenvalue weighted by Gasteiger charge is -2.36. The Bertz CT molecular complexity index is 967. The zero-order valence-corrected chi connectivity index (χ0v) is 20.3. The standard InChI is InChI=1S/C27H28BrClO3/c28-16-23-13-22(11-12-26(23)29)27-15-24(31-18-21-9-5-2-6-10-21)14-25(32-27)19-30-17-20-7-3-1-4-8-20/h1-13,24-25,27H,14-19H2. The van der Waals surface area contributed by atoms with Gasteiger partial charge in [-0.1, -0.05) is 100 Å². The molecule has 0 aromatic heterocycles. The van der Waals surface area contributed by atoms with Crippen molar-refractivity contribution in [3.8, 4) is 0 Å². The molecule has 3 nitrogen and oxygen atoms in total. The van der Waals surface area contributed by atoms with Gasteiger partial charge in [0.05, 0.1) is 38.1 Å². The SMILES string of the molecule is Clc1ccc(C2CC(OCc3ccccc3)CC(COCc3ccccc3)O2)cc1CBr. The topological polar surface area (TPSA) is 27.7 Å². The van der Waals surface area contributed by atoms with Crippen molar-refractivity contribution in [2.75, 3.05) is 6.61 Å². The van der Waals surface area contributed by atoms with Crippen LogP contribution in [0.4, 0.5) is 0 Å². The number of hydrogen-bond acceptors (Lipinski definition) is 3. The molecule has 5 heteroatoms. The highest BCUT2D eigenvalue weighted by atomic mass is 79.9. The van der Waals surface area contributed by atoms with E-state index in [9.17, 15) is 0 Å². The first-order valence-corrected chi connectivity index (χ1v) is 12.5. The summed E-state index contributed by atoms with van der Waals surface area (Å²) in [6.07, 6.45) is 1.65. The monoisotopic (exact) mass is 514 g/mol. The van der Waals surface area contributed by atoms with E-state index >= 15 is 0 Å². The molecule has 0 bridgehead atoms. The predicted molar refractivity (Wildman–Crippen MR) is 132 cm³/mol. The maximum Gasteiger partial charge on any atom is 0.0854 e. The highest BCUT2D eigenvalue weighted by molar-refractivity contribution is 9.08. The molecule has 1 aliphatic rings. The Labute approximate surface area is 203 Å². The largest absolute Gasteiger partial charge is 0.374 e. The molecule has 0 saturated carbocycles. The smallest absolute Gasteiger partial charge is 0.0854 e. The number of hydrogen-bond donors (Lipinski definition) is 0. The summed E-state index contributed by atoms with van der Waals surface area (Å²) in [5.74, 6) is 0. The molecule has 3 atom stereocenters. The second kappa shape index (κ2) is 12.0. The number of alkyl halides is 1. The molecule has 1 fully saturated rings. The molecule has 0 aliphatic carbocycles. The predicted octanol–water partition coefficient (Wildman–Crippen LogP) is 7.26. The van der Waals surface area contributed by atoms with Gasteiger partial charge in [-0.2, -0.15) is 0 Å². The van der Waals surface area contributed by atoms with Crippen LogP contribution in [0.25, 0.3) is 0 Å². The van der Waals surface area contributed by atoms with Crippen molar-refractivity contribution in [1.82, 2.24) is 0 Å². The zero-order valence-electron chi connectivity index (χ0n) is 18.0. The highest BCUT2D eigenvalue weighted by Crippen LogP contribution is 2.35. The highest BCUT2D eigenvalue weighted by Gasteiger charge is 2.31. The molecule has 1 saturated heterocycles. The van der Waals surface area contributed by atoms with Crippen LogP contribution in [0, 0.1) is 0 Å². The third kappa shape index (κ3) is 6.66. The van der Waals surface area contributed by atoms with Crippen molar-refractivity contribution in [3.63, 3.8) is 0 Å². The van der Waals surface area contributed by atoms with Crippen molar-refractivity contribution in [3.05, 3.63) is 106 Å². The average molecular weight is 516 g/mol. The number of rotatable bonds is 9. The molecular weight excluding hydrogens is 488 g/mol. The second-order valence-electron chi connectivity index (χ2n) is 8.12. The maximum absolute atomic E-state index is 6.47. The molecule has 0 amide bonds. The first-order chi connectivity index (χ1) is 15.7. The Kier molecular flexibility index (Phi) is 8.77. The molecule has 168 valence electrons. The van der Waals surface area contributed by atoms with Crippen LogP contribution in [-0.4, -0.2) is 18.8 Å². The van der Waals surface area contributed by atoms with E-state index in [4.69, 9.17) is 25.8 Å². The van der Waals surface area contributed by atoms with Gasteiger partial charge < -0.3 is 14.2 Å². The van der Waals surface area contributed by atoms with Gasteiger partial charge in [-0.05, 0) is 28.3 Å². The van der Waals surface area contributed by atoms with Gasteiger partial charge in [-0.25, -0.2) is 0 Å². The van der Waals surface area contributed by atoms with Gasteiger partial charge in [0.1, 0.15) is 0 Å². The Morgan fingerprint density at radius 2 is 1.56 bits per heavy atom. The molecule has 0 radical (unpaired) electrons. The molecule has 3 aromatic rings. The summed E-state index contributed by atoms with van der Waals surface area (Å²) >= 11 is 9.85. The lowest BCUT2D eigenvalue weighted by atomic mass is 9.95. The summed E-state index contributed by atoms with van der Waals surface area (Å²) in [4.78, 5) is 0. The van der Waals surface area contributed by atoms with E-state index in [0.717, 1.165) is 34.6 Å². The van der Waals surface area contributed by atoms with Crippen molar-refractivity contribution < 1.29 is 14.2 Å². The minimum Gasteiger partial charge on any atom is -0.374 e. The minimum absolute atomic E-state index is 0.0265. The van der Waals surface area contributed by atoms with E-state index in [1.165, 1.54) is 5.56 Å². The summed E-state index contributed by atoms with van der Waals surface area (Å²) in [7, 11) is 0. The average Bonchev–Trinajstić information content (AvgIpc) is 2.84. The number of ether oxygens (including phenoxy) is 3. The second-order valence-corrected chi connectivity index (χ2v) is 9.09. The molecule has 0 spiro atoms. The molecule has 0 N–H and O–H groups in total. The summed E-state index contributed by atoms with van der Waals surface area (Å²) in [6.45, 7) is 1.72. The molecular formula is C27H28BrClO3. The van der Waals surface area contributed by atoms with Gasteiger partial charge in [-0.3, -0.25) is 0 Å². The third-order valence-corrected chi connectivity index (χ3v) is 6.66. The maximum atomic E-state index is 6.47. The summed E-state index contributed by atoms with van der Waals surface area (Å²) in [6, 6.07) is 26.7. The first-order valence-electron chi connectivity index (χ1n) is 11.0. The minimum atomic E-state index is -0.0510. The van der Waals surface area contributed by atoms with E-state index in [1.54, 1.807) is 0 Å². The van der Waals surface area contributed by atoms with Crippen LogP contribution in [0.2, 0.25) is 5.02 Å². The van der Waals surface area contributed by atoms with Crippen molar-refractivity contribution in [1.29, 1.82) is 0 Å². The fraction of sp³-hybridized carbons (Fsp3) is 0.333. The fourth-order valence-corrected chi connectivity index (χ4v) is 4.81. The Hall–Kier alpha value is -1.69.